The second-order valence-electron chi connectivity index (χ2n) is 5.45. The average Bonchev–Trinajstić information content (AvgIpc) is 3.22. The van der Waals surface area contributed by atoms with E-state index >= 15 is 0 Å². The maximum atomic E-state index is 12.4. The van der Waals surface area contributed by atoms with Crippen LogP contribution in [0.2, 0.25) is 0 Å². The number of nitrogens with zero attached hydrogens (tertiary/aromatic N) is 2. The molecule has 1 N–H and O–H groups in total. The predicted octanol–water partition coefficient (Wildman–Crippen LogP) is 2.34. The van der Waals surface area contributed by atoms with Gasteiger partial charge in [0.2, 0.25) is 0 Å². The van der Waals surface area contributed by atoms with Gasteiger partial charge in [0.25, 0.3) is 5.91 Å². The molecule has 0 unspecified atom stereocenters. The first-order valence-electron chi connectivity index (χ1n) is 7.81. The van der Waals surface area contributed by atoms with Crippen LogP contribution in [0.3, 0.4) is 0 Å². The minimum atomic E-state index is -0.0745. The fourth-order valence-electron chi connectivity index (χ4n) is 2.80. The van der Waals surface area contributed by atoms with Gasteiger partial charge in [-0.2, -0.15) is 5.10 Å². The van der Waals surface area contributed by atoms with Gasteiger partial charge in [-0.3, -0.25) is 4.79 Å². The molecule has 1 saturated heterocycles. The molecular weight excluding hydrogens is 278 g/mol. The van der Waals surface area contributed by atoms with E-state index in [-0.39, 0.29) is 12.0 Å². The quantitative estimate of drug-likeness (QED) is 0.922. The van der Waals surface area contributed by atoms with E-state index in [0.29, 0.717) is 12.1 Å². The first kappa shape index (κ1) is 14.8. The molecule has 0 radical (unpaired) electrons. The normalized spacial score (nSPS) is 17.6. The Hall–Kier alpha value is -2.14. The molecule has 116 valence electrons. The average molecular weight is 299 g/mol. The number of rotatable bonds is 5. The molecule has 0 spiro atoms. The Morgan fingerprint density at radius 3 is 2.91 bits per heavy atom. The van der Waals surface area contributed by atoms with Crippen molar-refractivity contribution in [3.05, 3.63) is 47.8 Å². The van der Waals surface area contributed by atoms with E-state index in [1.165, 1.54) is 0 Å². The summed E-state index contributed by atoms with van der Waals surface area (Å²) < 4.78 is 7.37. The summed E-state index contributed by atoms with van der Waals surface area (Å²) in [4.78, 5) is 12.4. The molecule has 3 rings (SSSR count). The number of carbonyl (C=O) groups is 1. The fraction of sp³-hybridized carbons (Fsp3) is 0.412. The molecule has 1 amide bonds. The molecule has 1 atom stereocenters. The lowest BCUT2D eigenvalue weighted by Gasteiger charge is -2.11. The van der Waals surface area contributed by atoms with Crippen molar-refractivity contribution in [3.63, 3.8) is 0 Å². The van der Waals surface area contributed by atoms with Gasteiger partial charge in [0.1, 0.15) is 0 Å². The molecule has 2 heterocycles. The highest BCUT2D eigenvalue weighted by Gasteiger charge is 2.20. The maximum absolute atomic E-state index is 12.4. The van der Waals surface area contributed by atoms with Crippen LogP contribution >= 0.6 is 0 Å². The fourth-order valence-corrected chi connectivity index (χ4v) is 2.80. The predicted molar refractivity (Wildman–Crippen MR) is 84.2 cm³/mol. The number of ether oxygens (including phenoxy) is 1. The topological polar surface area (TPSA) is 56.1 Å². The van der Waals surface area contributed by atoms with Crippen LogP contribution in [0.5, 0.6) is 0 Å². The molecule has 1 aromatic heterocycles. The van der Waals surface area contributed by atoms with Crippen molar-refractivity contribution < 1.29 is 9.53 Å². The highest BCUT2D eigenvalue weighted by molar-refractivity contribution is 5.95. The van der Waals surface area contributed by atoms with Crippen LogP contribution in [0.4, 0.5) is 0 Å². The Balaban J connectivity index is 1.76. The highest BCUT2D eigenvalue weighted by Crippen LogP contribution is 2.16. The van der Waals surface area contributed by atoms with Gasteiger partial charge in [0.05, 0.1) is 29.2 Å². The van der Waals surface area contributed by atoms with Gasteiger partial charge in [0.15, 0.2) is 0 Å². The molecule has 1 fully saturated rings. The molecule has 22 heavy (non-hydrogen) atoms. The monoisotopic (exact) mass is 299 g/mol. The van der Waals surface area contributed by atoms with Gasteiger partial charge in [0, 0.05) is 13.2 Å². The van der Waals surface area contributed by atoms with Crippen LogP contribution < -0.4 is 5.32 Å². The van der Waals surface area contributed by atoms with E-state index in [9.17, 15) is 4.79 Å². The number of benzene rings is 1. The molecule has 0 saturated carbocycles. The number of hydrogen-bond donors (Lipinski definition) is 1. The lowest BCUT2D eigenvalue weighted by Crippen LogP contribution is -2.32. The largest absolute Gasteiger partial charge is 0.376 e. The zero-order chi connectivity index (χ0) is 15.4. The van der Waals surface area contributed by atoms with Gasteiger partial charge >= 0.3 is 0 Å². The summed E-state index contributed by atoms with van der Waals surface area (Å²) in [5, 5.41) is 7.35. The molecule has 1 aliphatic rings. The van der Waals surface area contributed by atoms with Gasteiger partial charge in [-0.25, -0.2) is 4.68 Å². The lowest BCUT2D eigenvalue weighted by molar-refractivity contribution is 0.0857. The zero-order valence-electron chi connectivity index (χ0n) is 12.8. The third-order valence-corrected chi connectivity index (χ3v) is 3.96. The summed E-state index contributed by atoms with van der Waals surface area (Å²) in [5.74, 6) is -0.0745. The molecule has 0 bridgehead atoms. The number of nitrogens with one attached hydrogen (secondary N) is 1. The van der Waals surface area contributed by atoms with Crippen molar-refractivity contribution in [2.45, 2.75) is 32.3 Å². The first-order valence-corrected chi connectivity index (χ1v) is 7.81. The van der Waals surface area contributed by atoms with E-state index in [0.717, 1.165) is 37.3 Å². The summed E-state index contributed by atoms with van der Waals surface area (Å²) in [5.41, 5.74) is 2.54. The number of carbonyl (C=O) groups excluding carboxylic acids is 1. The SMILES string of the molecule is CCc1c(C(=O)NC[C@H]2CCCO2)cnn1-c1ccccc1. The lowest BCUT2D eigenvalue weighted by atomic mass is 10.1. The second-order valence-corrected chi connectivity index (χ2v) is 5.45. The molecule has 1 aromatic carbocycles. The summed E-state index contributed by atoms with van der Waals surface area (Å²) in [6, 6.07) is 9.87. The highest BCUT2D eigenvalue weighted by atomic mass is 16.5. The Kier molecular flexibility index (Phi) is 4.53. The van der Waals surface area contributed by atoms with Crippen LogP contribution in [0, 0.1) is 0 Å². The second kappa shape index (κ2) is 6.75. The summed E-state index contributed by atoms with van der Waals surface area (Å²) in [6.45, 7) is 3.40. The number of para-hydroxylation sites is 1. The van der Waals surface area contributed by atoms with Crippen molar-refractivity contribution >= 4 is 5.91 Å². The van der Waals surface area contributed by atoms with Crippen molar-refractivity contribution in [1.82, 2.24) is 15.1 Å². The standard InChI is InChI=1S/C17H21N3O2/c1-2-16-15(17(21)18-11-14-9-6-10-22-14)12-19-20(16)13-7-4-3-5-8-13/h3-5,7-8,12,14H,2,6,9-11H2,1H3,(H,18,21)/t14-/m1/s1. The van der Waals surface area contributed by atoms with E-state index in [1.807, 2.05) is 41.9 Å². The Morgan fingerprint density at radius 2 is 2.23 bits per heavy atom. The number of hydrogen-bond acceptors (Lipinski definition) is 3. The molecule has 1 aliphatic heterocycles. The Morgan fingerprint density at radius 1 is 1.41 bits per heavy atom. The van der Waals surface area contributed by atoms with Crippen LogP contribution in [-0.4, -0.2) is 34.9 Å². The molecule has 5 nitrogen and oxygen atoms in total. The third-order valence-electron chi connectivity index (χ3n) is 3.96. The minimum absolute atomic E-state index is 0.0745. The maximum Gasteiger partial charge on any atom is 0.254 e. The van der Waals surface area contributed by atoms with E-state index in [4.69, 9.17) is 4.74 Å². The Labute approximate surface area is 130 Å². The van der Waals surface area contributed by atoms with Crippen molar-refractivity contribution in [2.75, 3.05) is 13.2 Å². The first-order chi connectivity index (χ1) is 10.8. The van der Waals surface area contributed by atoms with E-state index in [1.54, 1.807) is 6.20 Å². The van der Waals surface area contributed by atoms with Gasteiger partial charge in [-0.15, -0.1) is 0 Å². The van der Waals surface area contributed by atoms with Crippen LogP contribution in [0.25, 0.3) is 5.69 Å². The van der Waals surface area contributed by atoms with Crippen molar-refractivity contribution in [1.29, 1.82) is 0 Å². The van der Waals surface area contributed by atoms with Crippen molar-refractivity contribution in [2.24, 2.45) is 0 Å². The van der Waals surface area contributed by atoms with Crippen molar-refractivity contribution in [3.8, 4) is 5.69 Å². The van der Waals surface area contributed by atoms with E-state index < -0.39 is 0 Å². The van der Waals surface area contributed by atoms with Crippen LogP contribution in [0.1, 0.15) is 35.8 Å². The minimum Gasteiger partial charge on any atom is -0.376 e. The zero-order valence-corrected chi connectivity index (χ0v) is 12.8. The van der Waals surface area contributed by atoms with Gasteiger partial charge in [-0.1, -0.05) is 25.1 Å². The summed E-state index contributed by atoms with van der Waals surface area (Å²) in [7, 11) is 0. The smallest absolute Gasteiger partial charge is 0.254 e. The van der Waals surface area contributed by atoms with Gasteiger partial charge in [-0.05, 0) is 31.4 Å². The van der Waals surface area contributed by atoms with Crippen LogP contribution in [-0.2, 0) is 11.2 Å². The number of aromatic nitrogens is 2. The van der Waals surface area contributed by atoms with Crippen LogP contribution in [0.15, 0.2) is 36.5 Å². The summed E-state index contributed by atoms with van der Waals surface area (Å²) in [6.07, 6.45) is 4.64. The Bertz CT molecular complexity index is 631. The number of amides is 1. The van der Waals surface area contributed by atoms with Gasteiger partial charge < -0.3 is 10.1 Å². The molecular formula is C17H21N3O2. The molecule has 0 aliphatic carbocycles. The third kappa shape index (κ3) is 3.04. The molecule has 5 heteroatoms. The molecule has 2 aromatic rings. The van der Waals surface area contributed by atoms with E-state index in [2.05, 4.69) is 10.4 Å². The summed E-state index contributed by atoms with van der Waals surface area (Å²) >= 11 is 0.